The second-order valence-corrected chi connectivity index (χ2v) is 6.84. The van der Waals surface area contributed by atoms with Crippen LogP contribution < -0.4 is 10.1 Å². The van der Waals surface area contributed by atoms with E-state index in [1.807, 2.05) is 26.0 Å². The maximum absolute atomic E-state index is 5.78. The summed E-state index contributed by atoms with van der Waals surface area (Å²) in [5, 5.41) is 14.9. The second-order valence-electron chi connectivity index (χ2n) is 5.13. The van der Waals surface area contributed by atoms with E-state index in [1.165, 1.54) is 0 Å². The van der Waals surface area contributed by atoms with Crippen LogP contribution in [-0.4, -0.2) is 26.3 Å². The molecule has 0 fully saturated rings. The van der Waals surface area contributed by atoms with Crippen LogP contribution in [-0.2, 0) is 13.1 Å². The summed E-state index contributed by atoms with van der Waals surface area (Å²) in [5.74, 6) is 1.49. The topological polar surface area (TPSA) is 64.9 Å². The van der Waals surface area contributed by atoms with Crippen LogP contribution in [0.1, 0.15) is 32.8 Å². The molecule has 0 aliphatic carbocycles. The second kappa shape index (κ2) is 7.92. The standard InChI is InChI=1S/C14H19Br2N5O/c1-4-5-21-14(18-19-20-21)17-8-10-6-11(15)13(12(16)7-10)22-9(2)3/h6-7,9H,4-5,8H2,1-3H3,(H,17,18,20). The van der Waals surface area contributed by atoms with E-state index in [-0.39, 0.29) is 6.10 Å². The van der Waals surface area contributed by atoms with Gasteiger partial charge in [0.2, 0.25) is 5.95 Å². The molecule has 22 heavy (non-hydrogen) atoms. The first kappa shape index (κ1) is 17.2. The van der Waals surface area contributed by atoms with Crippen molar-refractivity contribution >= 4 is 37.8 Å². The van der Waals surface area contributed by atoms with E-state index in [2.05, 4.69) is 59.6 Å². The fourth-order valence-corrected chi connectivity index (χ4v) is 3.41. The molecule has 0 unspecified atom stereocenters. The Balaban J connectivity index is 2.09. The van der Waals surface area contributed by atoms with Gasteiger partial charge >= 0.3 is 0 Å². The lowest BCUT2D eigenvalue weighted by atomic mass is 10.2. The van der Waals surface area contributed by atoms with Gasteiger partial charge in [-0.2, -0.15) is 0 Å². The smallest absolute Gasteiger partial charge is 0.243 e. The summed E-state index contributed by atoms with van der Waals surface area (Å²) in [7, 11) is 0. The lowest BCUT2D eigenvalue weighted by Gasteiger charge is -2.15. The van der Waals surface area contributed by atoms with Crippen LogP contribution in [0, 0.1) is 0 Å². The summed E-state index contributed by atoms with van der Waals surface area (Å²) in [6, 6.07) is 4.06. The largest absolute Gasteiger partial charge is 0.489 e. The highest BCUT2D eigenvalue weighted by Gasteiger charge is 2.11. The first-order valence-electron chi connectivity index (χ1n) is 7.15. The van der Waals surface area contributed by atoms with Gasteiger partial charge in [-0.3, -0.25) is 0 Å². The number of ether oxygens (including phenoxy) is 1. The van der Waals surface area contributed by atoms with Crippen molar-refractivity contribution in [3.05, 3.63) is 26.6 Å². The maximum Gasteiger partial charge on any atom is 0.243 e. The predicted octanol–water partition coefficient (Wildman–Crippen LogP) is 4.01. The monoisotopic (exact) mass is 431 g/mol. The van der Waals surface area contributed by atoms with E-state index < -0.39 is 0 Å². The molecule has 0 aliphatic rings. The van der Waals surface area contributed by atoms with Gasteiger partial charge in [-0.25, -0.2) is 4.68 Å². The van der Waals surface area contributed by atoms with E-state index >= 15 is 0 Å². The quantitative estimate of drug-likeness (QED) is 0.715. The molecule has 1 heterocycles. The zero-order valence-corrected chi connectivity index (χ0v) is 16.0. The molecule has 120 valence electrons. The number of aryl methyl sites for hydroxylation is 1. The minimum absolute atomic E-state index is 0.121. The van der Waals surface area contributed by atoms with Gasteiger partial charge in [0.25, 0.3) is 0 Å². The number of benzene rings is 1. The Kier molecular flexibility index (Phi) is 6.19. The molecule has 1 N–H and O–H groups in total. The molecule has 1 aromatic carbocycles. The molecule has 2 rings (SSSR count). The summed E-state index contributed by atoms with van der Waals surface area (Å²) in [6.45, 7) is 7.52. The third-order valence-electron chi connectivity index (χ3n) is 2.83. The van der Waals surface area contributed by atoms with Crippen molar-refractivity contribution < 1.29 is 4.74 Å². The molecule has 0 radical (unpaired) electrons. The van der Waals surface area contributed by atoms with Gasteiger partial charge in [0.05, 0.1) is 15.0 Å². The summed E-state index contributed by atoms with van der Waals surface area (Å²) >= 11 is 7.11. The number of nitrogens with zero attached hydrogens (tertiary/aromatic N) is 4. The first-order chi connectivity index (χ1) is 10.5. The third kappa shape index (κ3) is 4.42. The Morgan fingerprint density at radius 1 is 1.27 bits per heavy atom. The Hall–Kier alpha value is -1.15. The Bertz CT molecular complexity index is 606. The molecule has 6 nitrogen and oxygen atoms in total. The van der Waals surface area contributed by atoms with E-state index in [9.17, 15) is 0 Å². The molecule has 0 amide bonds. The number of aromatic nitrogens is 4. The van der Waals surface area contributed by atoms with Crippen LogP contribution in [0.3, 0.4) is 0 Å². The molecule has 0 saturated heterocycles. The van der Waals surface area contributed by atoms with Crippen molar-refractivity contribution in [2.75, 3.05) is 5.32 Å². The molecular weight excluding hydrogens is 414 g/mol. The predicted molar refractivity (Wildman–Crippen MR) is 93.0 cm³/mol. The fourth-order valence-electron chi connectivity index (χ4n) is 1.94. The van der Waals surface area contributed by atoms with Crippen LogP contribution in [0.2, 0.25) is 0 Å². The van der Waals surface area contributed by atoms with Gasteiger partial charge in [0.1, 0.15) is 5.75 Å². The Morgan fingerprint density at radius 3 is 2.55 bits per heavy atom. The highest BCUT2D eigenvalue weighted by molar-refractivity contribution is 9.11. The zero-order valence-electron chi connectivity index (χ0n) is 12.8. The lowest BCUT2D eigenvalue weighted by Crippen LogP contribution is -2.10. The number of hydrogen-bond donors (Lipinski definition) is 1. The van der Waals surface area contributed by atoms with Gasteiger partial charge < -0.3 is 10.1 Å². The summed E-state index contributed by atoms with van der Waals surface area (Å²) in [4.78, 5) is 0. The van der Waals surface area contributed by atoms with E-state index in [0.29, 0.717) is 12.5 Å². The number of nitrogens with one attached hydrogen (secondary N) is 1. The first-order valence-corrected chi connectivity index (χ1v) is 8.74. The molecule has 2 aromatic rings. The van der Waals surface area contributed by atoms with Gasteiger partial charge in [-0.1, -0.05) is 12.0 Å². The lowest BCUT2D eigenvalue weighted by molar-refractivity contribution is 0.239. The molecular formula is C14H19Br2N5O. The van der Waals surface area contributed by atoms with Crippen molar-refractivity contribution in [1.82, 2.24) is 20.2 Å². The third-order valence-corrected chi connectivity index (χ3v) is 4.01. The molecule has 1 aromatic heterocycles. The molecule has 8 heteroatoms. The van der Waals surface area contributed by atoms with Crippen LogP contribution in [0.5, 0.6) is 5.75 Å². The van der Waals surface area contributed by atoms with Crippen LogP contribution in [0.4, 0.5) is 5.95 Å². The Morgan fingerprint density at radius 2 is 1.95 bits per heavy atom. The molecule has 0 saturated carbocycles. The van der Waals surface area contributed by atoms with Gasteiger partial charge in [0.15, 0.2) is 0 Å². The Labute approximate surface area is 146 Å². The summed E-state index contributed by atoms with van der Waals surface area (Å²) in [6.07, 6.45) is 1.10. The van der Waals surface area contributed by atoms with Crippen molar-refractivity contribution in [1.29, 1.82) is 0 Å². The van der Waals surface area contributed by atoms with Crippen LogP contribution >= 0.6 is 31.9 Å². The maximum atomic E-state index is 5.78. The zero-order chi connectivity index (χ0) is 16.1. The molecule has 0 atom stereocenters. The van der Waals surface area contributed by atoms with E-state index in [4.69, 9.17) is 4.74 Å². The SMILES string of the molecule is CCCn1nnnc1NCc1cc(Br)c(OC(C)C)c(Br)c1. The van der Waals surface area contributed by atoms with Crippen molar-refractivity contribution in [3.63, 3.8) is 0 Å². The van der Waals surface area contributed by atoms with Gasteiger partial charge in [-0.05, 0) is 80.3 Å². The average molecular weight is 433 g/mol. The van der Waals surface area contributed by atoms with E-state index in [0.717, 1.165) is 33.2 Å². The summed E-state index contributed by atoms with van der Waals surface area (Å²) in [5.41, 5.74) is 1.10. The van der Waals surface area contributed by atoms with Gasteiger partial charge in [0, 0.05) is 13.1 Å². The molecule has 0 spiro atoms. The number of rotatable bonds is 7. The van der Waals surface area contributed by atoms with Crippen LogP contribution in [0.25, 0.3) is 0 Å². The van der Waals surface area contributed by atoms with Gasteiger partial charge in [-0.15, -0.1) is 0 Å². The number of halogens is 2. The van der Waals surface area contributed by atoms with E-state index in [1.54, 1.807) is 4.68 Å². The van der Waals surface area contributed by atoms with Crippen LogP contribution in [0.15, 0.2) is 21.1 Å². The minimum Gasteiger partial charge on any atom is -0.489 e. The normalized spacial score (nSPS) is 11.0. The van der Waals surface area contributed by atoms with Crippen molar-refractivity contribution in [2.45, 2.75) is 46.4 Å². The van der Waals surface area contributed by atoms with Crippen molar-refractivity contribution in [3.8, 4) is 5.75 Å². The minimum atomic E-state index is 0.121. The number of hydrogen-bond acceptors (Lipinski definition) is 5. The number of tetrazole rings is 1. The van der Waals surface area contributed by atoms with Crippen molar-refractivity contribution in [2.24, 2.45) is 0 Å². The average Bonchev–Trinajstić information content (AvgIpc) is 2.88. The molecule has 0 bridgehead atoms. The summed E-state index contributed by atoms with van der Waals surface area (Å²) < 4.78 is 9.38. The fraction of sp³-hybridized carbons (Fsp3) is 0.500. The highest BCUT2D eigenvalue weighted by atomic mass is 79.9. The highest BCUT2D eigenvalue weighted by Crippen LogP contribution is 2.35. The molecule has 0 aliphatic heterocycles. The number of anilines is 1.